The average molecular weight is 337 g/mol. The number of carbonyl (C=O) groups excluding carboxylic acids is 1. The van der Waals surface area contributed by atoms with E-state index in [0.29, 0.717) is 5.03 Å². The lowest BCUT2D eigenvalue weighted by Crippen LogP contribution is -2.04. The molecule has 0 aliphatic heterocycles. The van der Waals surface area contributed by atoms with E-state index in [2.05, 4.69) is 14.3 Å². The van der Waals surface area contributed by atoms with Crippen molar-refractivity contribution in [3.05, 3.63) is 84.8 Å². The van der Waals surface area contributed by atoms with Crippen molar-refractivity contribution in [2.75, 3.05) is 0 Å². The van der Waals surface area contributed by atoms with Crippen molar-refractivity contribution in [1.82, 2.24) is 9.97 Å². The molecule has 2 heterocycles. The number of hydrogen-bond acceptors (Lipinski definition) is 4. The van der Waals surface area contributed by atoms with Crippen LogP contribution in [0.5, 0.6) is 0 Å². The lowest BCUT2D eigenvalue weighted by atomic mass is 10.2. The van der Waals surface area contributed by atoms with Crippen LogP contribution in [0.25, 0.3) is 0 Å². The standard InChI is InChI=1S/C18H15N3O2S/c22-18(23-14-15-7-2-1-3-8-15)21-24(16-9-6-11-19-13-16)17-10-4-5-12-20-17/h1-13H,14H2. The highest BCUT2D eigenvalue weighted by molar-refractivity contribution is 7.87. The Bertz CT molecular complexity index is 783. The molecular weight excluding hydrogens is 322 g/mol. The van der Waals surface area contributed by atoms with Crippen LogP contribution in [0.2, 0.25) is 0 Å². The third kappa shape index (κ3) is 4.33. The number of ether oxygens (including phenoxy) is 1. The maximum atomic E-state index is 12.1. The molecule has 0 N–H and O–H groups in total. The maximum Gasteiger partial charge on any atom is 0.440 e. The van der Waals surface area contributed by atoms with E-state index in [1.165, 1.54) is 0 Å². The summed E-state index contributed by atoms with van der Waals surface area (Å²) < 4.78 is 9.45. The minimum absolute atomic E-state index is 0.190. The number of amides is 1. The van der Waals surface area contributed by atoms with Crippen LogP contribution in [0.4, 0.5) is 4.79 Å². The van der Waals surface area contributed by atoms with Gasteiger partial charge < -0.3 is 4.74 Å². The minimum atomic E-state index is -0.862. The molecule has 0 fully saturated rings. The van der Waals surface area contributed by atoms with Gasteiger partial charge in [-0.25, -0.2) is 9.78 Å². The molecule has 0 bridgehead atoms. The van der Waals surface area contributed by atoms with Crippen molar-refractivity contribution in [2.24, 2.45) is 4.36 Å². The lowest BCUT2D eigenvalue weighted by Gasteiger charge is -2.07. The van der Waals surface area contributed by atoms with Gasteiger partial charge in [0.25, 0.3) is 0 Å². The quantitative estimate of drug-likeness (QED) is 0.721. The van der Waals surface area contributed by atoms with E-state index in [0.717, 1.165) is 10.5 Å². The second kappa shape index (κ2) is 8.12. The summed E-state index contributed by atoms with van der Waals surface area (Å²) in [6, 6.07) is 18.7. The van der Waals surface area contributed by atoms with E-state index in [4.69, 9.17) is 4.74 Å². The summed E-state index contributed by atoms with van der Waals surface area (Å²) in [7, 11) is -0.862. The summed E-state index contributed by atoms with van der Waals surface area (Å²) in [5, 5.41) is 0.696. The van der Waals surface area contributed by atoms with E-state index in [1.807, 2.05) is 60.7 Å². The third-order valence-electron chi connectivity index (χ3n) is 3.06. The largest absolute Gasteiger partial charge is 0.443 e. The monoisotopic (exact) mass is 337 g/mol. The predicted molar refractivity (Wildman–Crippen MR) is 91.4 cm³/mol. The van der Waals surface area contributed by atoms with E-state index in [-0.39, 0.29) is 6.61 Å². The normalized spacial score (nSPS) is 11.8. The zero-order valence-corrected chi connectivity index (χ0v) is 13.6. The molecule has 24 heavy (non-hydrogen) atoms. The highest BCUT2D eigenvalue weighted by Crippen LogP contribution is 2.16. The van der Waals surface area contributed by atoms with E-state index >= 15 is 0 Å². The molecule has 6 heteroatoms. The first kappa shape index (κ1) is 16.0. The number of aromatic nitrogens is 2. The van der Waals surface area contributed by atoms with E-state index in [9.17, 15) is 4.79 Å². The Hall–Kier alpha value is -2.86. The summed E-state index contributed by atoms with van der Waals surface area (Å²) in [6.45, 7) is 0.190. The number of pyridine rings is 2. The molecule has 3 aromatic rings. The zero-order chi connectivity index (χ0) is 16.6. The molecule has 1 amide bonds. The molecule has 5 nitrogen and oxygen atoms in total. The van der Waals surface area contributed by atoms with Crippen LogP contribution in [0.3, 0.4) is 0 Å². The molecule has 0 radical (unpaired) electrons. The summed E-state index contributed by atoms with van der Waals surface area (Å²) >= 11 is 0. The first-order valence-corrected chi connectivity index (χ1v) is 8.49. The Kier molecular flexibility index (Phi) is 5.42. The van der Waals surface area contributed by atoms with Crippen molar-refractivity contribution >= 4 is 16.8 Å². The molecule has 1 aromatic carbocycles. The fraction of sp³-hybridized carbons (Fsp3) is 0.0556. The van der Waals surface area contributed by atoms with Crippen LogP contribution in [0, 0.1) is 0 Å². The van der Waals surface area contributed by atoms with Gasteiger partial charge in [0.2, 0.25) is 0 Å². The van der Waals surface area contributed by atoms with Gasteiger partial charge in [-0.2, -0.15) is 0 Å². The van der Waals surface area contributed by atoms with Gasteiger partial charge in [0.1, 0.15) is 11.6 Å². The molecule has 3 rings (SSSR count). The SMILES string of the molecule is O=C(/N=S(\c1cccnc1)c1ccccn1)OCc1ccccc1. The fourth-order valence-electron chi connectivity index (χ4n) is 1.96. The molecule has 0 saturated heterocycles. The van der Waals surface area contributed by atoms with E-state index < -0.39 is 16.8 Å². The van der Waals surface area contributed by atoms with Crippen LogP contribution < -0.4 is 0 Å². The predicted octanol–water partition coefficient (Wildman–Crippen LogP) is 4.03. The second-order valence-electron chi connectivity index (χ2n) is 4.77. The van der Waals surface area contributed by atoms with Gasteiger partial charge in [-0.15, -0.1) is 4.36 Å². The molecule has 0 aliphatic rings. The molecular formula is C18H15N3O2S. The Morgan fingerprint density at radius 1 is 1.00 bits per heavy atom. The Morgan fingerprint density at radius 2 is 1.83 bits per heavy atom. The first-order chi connectivity index (χ1) is 11.8. The lowest BCUT2D eigenvalue weighted by molar-refractivity contribution is 0.151. The van der Waals surface area contributed by atoms with Gasteiger partial charge in [0, 0.05) is 23.5 Å². The summed E-state index contributed by atoms with van der Waals surface area (Å²) in [5.74, 6) is 0. The Balaban J connectivity index is 1.82. The van der Waals surface area contributed by atoms with E-state index in [1.54, 1.807) is 18.6 Å². The van der Waals surface area contributed by atoms with Crippen molar-refractivity contribution < 1.29 is 9.53 Å². The minimum Gasteiger partial charge on any atom is -0.443 e. The summed E-state index contributed by atoms with van der Waals surface area (Å²) in [6.07, 6.45) is 4.43. The molecule has 0 spiro atoms. The van der Waals surface area contributed by atoms with Crippen LogP contribution in [-0.2, 0) is 22.0 Å². The number of benzene rings is 1. The Morgan fingerprint density at radius 3 is 2.54 bits per heavy atom. The second-order valence-corrected chi connectivity index (χ2v) is 6.41. The molecule has 1 atom stereocenters. The molecule has 0 saturated carbocycles. The van der Waals surface area contributed by atoms with Crippen LogP contribution >= 0.6 is 0 Å². The van der Waals surface area contributed by atoms with Crippen LogP contribution in [-0.4, -0.2) is 16.1 Å². The van der Waals surface area contributed by atoms with Crippen LogP contribution in [0.1, 0.15) is 5.56 Å². The number of carbonyl (C=O) groups is 1. The molecule has 0 aliphatic carbocycles. The highest BCUT2D eigenvalue weighted by Gasteiger charge is 2.10. The maximum absolute atomic E-state index is 12.1. The topological polar surface area (TPSA) is 64.4 Å². The van der Waals surface area contributed by atoms with Gasteiger partial charge in [-0.05, 0) is 40.5 Å². The molecule has 120 valence electrons. The summed E-state index contributed by atoms with van der Waals surface area (Å²) in [4.78, 5) is 21.4. The highest BCUT2D eigenvalue weighted by atomic mass is 32.2. The van der Waals surface area contributed by atoms with Gasteiger partial charge >= 0.3 is 6.09 Å². The van der Waals surface area contributed by atoms with Gasteiger partial charge in [0.05, 0.1) is 0 Å². The van der Waals surface area contributed by atoms with Gasteiger partial charge in [0.15, 0.2) is 0 Å². The first-order valence-electron chi connectivity index (χ1n) is 7.31. The van der Waals surface area contributed by atoms with Gasteiger partial charge in [-0.1, -0.05) is 36.4 Å². The number of rotatable bonds is 4. The summed E-state index contributed by atoms with van der Waals surface area (Å²) in [5.41, 5.74) is 0.917. The number of nitrogens with zero attached hydrogens (tertiary/aromatic N) is 3. The molecule has 1 unspecified atom stereocenters. The Labute approximate surface area is 142 Å². The average Bonchev–Trinajstić information content (AvgIpc) is 2.67. The fourth-order valence-corrected chi connectivity index (χ4v) is 3.34. The smallest absolute Gasteiger partial charge is 0.440 e. The van der Waals surface area contributed by atoms with Crippen molar-refractivity contribution in [2.45, 2.75) is 16.5 Å². The third-order valence-corrected chi connectivity index (χ3v) is 4.72. The van der Waals surface area contributed by atoms with Gasteiger partial charge in [-0.3, -0.25) is 4.98 Å². The van der Waals surface area contributed by atoms with Crippen molar-refractivity contribution in [3.63, 3.8) is 0 Å². The van der Waals surface area contributed by atoms with Crippen LogP contribution in [0.15, 0.2) is 93.5 Å². The zero-order valence-electron chi connectivity index (χ0n) is 12.8. The molecule has 2 aromatic heterocycles. The number of hydrogen-bond donors (Lipinski definition) is 0. The van der Waals surface area contributed by atoms with Crippen molar-refractivity contribution in [1.29, 1.82) is 0 Å². The van der Waals surface area contributed by atoms with Crippen molar-refractivity contribution in [3.8, 4) is 0 Å².